The van der Waals surface area contributed by atoms with E-state index in [1.807, 2.05) is 92.8 Å². The molecule has 4 aromatic rings. The lowest BCUT2D eigenvalue weighted by molar-refractivity contribution is 0.353. The van der Waals surface area contributed by atoms with Crippen LogP contribution in [-0.4, -0.2) is 17.3 Å². The van der Waals surface area contributed by atoms with Crippen molar-refractivity contribution in [3.05, 3.63) is 119 Å². The van der Waals surface area contributed by atoms with Gasteiger partial charge in [0, 0.05) is 24.1 Å². The topological polar surface area (TPSA) is 42.3 Å². The van der Waals surface area contributed by atoms with Gasteiger partial charge in [0.15, 0.2) is 0 Å². The van der Waals surface area contributed by atoms with Crippen LogP contribution in [-0.2, 0) is 16.6 Å². The molecule has 1 aliphatic heterocycles. The van der Waals surface area contributed by atoms with Crippen molar-refractivity contribution in [2.24, 2.45) is 0 Å². The molecular formula is C26H24N2O2S. The minimum Gasteiger partial charge on any atom is -0.319 e. The Morgan fingerprint density at radius 3 is 2.13 bits per heavy atom. The molecule has 1 aromatic heterocycles. The highest BCUT2D eigenvalue weighted by atomic mass is 32.2. The fraction of sp³-hybridized carbons (Fsp3) is 0.154. The Balaban J connectivity index is 1.76. The van der Waals surface area contributed by atoms with Gasteiger partial charge in [0.1, 0.15) is 0 Å². The minimum atomic E-state index is -3.75. The van der Waals surface area contributed by atoms with Crippen LogP contribution in [0.1, 0.15) is 34.0 Å². The third kappa shape index (κ3) is 3.40. The van der Waals surface area contributed by atoms with Gasteiger partial charge in [0.2, 0.25) is 10.0 Å². The van der Waals surface area contributed by atoms with Gasteiger partial charge in [-0.15, -0.1) is 0 Å². The van der Waals surface area contributed by atoms with Gasteiger partial charge in [-0.05, 0) is 55.3 Å². The summed E-state index contributed by atoms with van der Waals surface area (Å²) in [6.07, 6.45) is 2.01. The summed E-state index contributed by atoms with van der Waals surface area (Å²) in [4.78, 5) is 0.313. The molecular weight excluding hydrogens is 404 g/mol. The van der Waals surface area contributed by atoms with Crippen LogP contribution in [0.25, 0.3) is 5.69 Å². The van der Waals surface area contributed by atoms with E-state index in [1.165, 1.54) is 0 Å². The maximum Gasteiger partial charge on any atom is 0.244 e. The van der Waals surface area contributed by atoms with Crippen LogP contribution in [0.5, 0.6) is 0 Å². The lowest BCUT2D eigenvalue weighted by Gasteiger charge is -2.30. The van der Waals surface area contributed by atoms with Crippen molar-refractivity contribution in [3.63, 3.8) is 0 Å². The Kier molecular flexibility index (Phi) is 4.80. The molecule has 1 atom stereocenters. The van der Waals surface area contributed by atoms with Gasteiger partial charge in [-0.2, -0.15) is 4.31 Å². The average molecular weight is 429 g/mol. The Labute approximate surface area is 183 Å². The number of sulfonamides is 1. The molecule has 0 N–H and O–H groups in total. The lowest BCUT2D eigenvalue weighted by Crippen LogP contribution is -2.34. The highest BCUT2D eigenvalue weighted by Gasteiger charge is 2.37. The Morgan fingerprint density at radius 1 is 0.774 bits per heavy atom. The number of nitrogens with zero attached hydrogens (tertiary/aromatic N) is 2. The van der Waals surface area contributed by atoms with Crippen LogP contribution in [0.2, 0.25) is 0 Å². The number of hydrogen-bond acceptors (Lipinski definition) is 2. The number of rotatable bonds is 3. The van der Waals surface area contributed by atoms with Crippen LogP contribution < -0.4 is 0 Å². The highest BCUT2D eigenvalue weighted by Crippen LogP contribution is 2.39. The molecule has 0 spiro atoms. The smallest absolute Gasteiger partial charge is 0.244 e. The predicted molar refractivity (Wildman–Crippen MR) is 123 cm³/mol. The van der Waals surface area contributed by atoms with Crippen molar-refractivity contribution in [1.82, 2.24) is 8.87 Å². The van der Waals surface area contributed by atoms with Crippen molar-refractivity contribution >= 4 is 10.0 Å². The molecule has 0 bridgehead atoms. The Bertz CT molecular complexity index is 1340. The molecule has 0 saturated carbocycles. The first-order valence-corrected chi connectivity index (χ1v) is 11.8. The third-order valence-corrected chi connectivity index (χ3v) is 7.77. The monoisotopic (exact) mass is 428 g/mol. The molecule has 4 nitrogen and oxygen atoms in total. The molecule has 5 rings (SSSR count). The summed E-state index contributed by atoms with van der Waals surface area (Å²) in [6, 6.07) is 26.8. The molecule has 0 amide bonds. The van der Waals surface area contributed by atoms with E-state index in [2.05, 4.69) is 4.57 Å². The lowest BCUT2D eigenvalue weighted by atomic mass is 10.0. The molecule has 2 heterocycles. The normalized spacial score (nSPS) is 16.4. The van der Waals surface area contributed by atoms with E-state index in [0.29, 0.717) is 11.4 Å². The van der Waals surface area contributed by atoms with E-state index < -0.39 is 16.1 Å². The second kappa shape index (κ2) is 7.52. The molecule has 0 aliphatic carbocycles. The van der Waals surface area contributed by atoms with Gasteiger partial charge >= 0.3 is 0 Å². The van der Waals surface area contributed by atoms with Crippen molar-refractivity contribution in [2.75, 3.05) is 0 Å². The fourth-order valence-corrected chi connectivity index (χ4v) is 5.84. The summed E-state index contributed by atoms with van der Waals surface area (Å²) < 4.78 is 31.7. The van der Waals surface area contributed by atoms with E-state index in [0.717, 1.165) is 33.6 Å². The van der Waals surface area contributed by atoms with Gasteiger partial charge in [-0.25, -0.2) is 8.42 Å². The predicted octanol–water partition coefficient (Wildman–Crippen LogP) is 5.39. The fourth-order valence-electron chi connectivity index (χ4n) is 4.28. The van der Waals surface area contributed by atoms with E-state index in [9.17, 15) is 8.42 Å². The van der Waals surface area contributed by atoms with Crippen LogP contribution in [0.4, 0.5) is 0 Å². The number of hydrogen-bond donors (Lipinski definition) is 0. The summed E-state index contributed by atoms with van der Waals surface area (Å²) in [6.45, 7) is 4.30. The quantitative estimate of drug-likeness (QED) is 0.439. The second-order valence-electron chi connectivity index (χ2n) is 8.11. The van der Waals surface area contributed by atoms with E-state index in [4.69, 9.17) is 0 Å². The molecule has 31 heavy (non-hydrogen) atoms. The maximum atomic E-state index is 14.0. The standard InChI is InChI=1S/C26H24N2O2S/c1-19-9-13-21(14-10-19)26-25-8-5-17-27(25)24-7-4-3-6-22(24)18-28(26)31(29,30)23-15-11-20(2)12-16-23/h3-17,26H,18H2,1-2H3/t26-/m0/s1. The van der Waals surface area contributed by atoms with E-state index in [-0.39, 0.29) is 0 Å². The van der Waals surface area contributed by atoms with Crippen LogP contribution in [0.15, 0.2) is 96.0 Å². The zero-order chi connectivity index (χ0) is 21.6. The van der Waals surface area contributed by atoms with Crippen LogP contribution in [0, 0.1) is 13.8 Å². The third-order valence-electron chi connectivity index (χ3n) is 5.95. The molecule has 1 aliphatic rings. The summed E-state index contributed by atoms with van der Waals surface area (Å²) in [5.41, 5.74) is 6.05. The zero-order valence-corrected chi connectivity index (χ0v) is 18.4. The van der Waals surface area contributed by atoms with Gasteiger partial charge < -0.3 is 4.57 Å². The average Bonchev–Trinajstić information content (AvgIpc) is 3.19. The summed E-state index contributed by atoms with van der Waals surface area (Å²) in [5, 5.41) is 0. The summed E-state index contributed by atoms with van der Waals surface area (Å²) in [7, 11) is -3.75. The Hall–Kier alpha value is -3.15. The summed E-state index contributed by atoms with van der Waals surface area (Å²) in [5.74, 6) is 0. The van der Waals surface area contributed by atoms with E-state index in [1.54, 1.807) is 16.4 Å². The first-order chi connectivity index (χ1) is 14.9. The van der Waals surface area contributed by atoms with E-state index >= 15 is 0 Å². The molecule has 5 heteroatoms. The maximum absolute atomic E-state index is 14.0. The van der Waals surface area contributed by atoms with Crippen LogP contribution in [0.3, 0.4) is 0 Å². The number of fused-ring (bicyclic) bond motifs is 3. The van der Waals surface area contributed by atoms with Crippen molar-refractivity contribution in [3.8, 4) is 5.69 Å². The largest absolute Gasteiger partial charge is 0.319 e. The van der Waals surface area contributed by atoms with Gasteiger partial charge in [0.05, 0.1) is 10.9 Å². The van der Waals surface area contributed by atoms with Crippen molar-refractivity contribution in [2.45, 2.75) is 31.3 Å². The van der Waals surface area contributed by atoms with Crippen molar-refractivity contribution in [1.29, 1.82) is 0 Å². The minimum absolute atomic E-state index is 0.298. The van der Waals surface area contributed by atoms with Gasteiger partial charge in [0.25, 0.3) is 0 Å². The van der Waals surface area contributed by atoms with Gasteiger partial charge in [-0.1, -0.05) is 65.7 Å². The molecule has 0 saturated heterocycles. The number of benzene rings is 3. The molecule has 0 radical (unpaired) electrons. The molecule has 0 unspecified atom stereocenters. The van der Waals surface area contributed by atoms with Gasteiger partial charge in [-0.3, -0.25) is 0 Å². The number of para-hydroxylation sites is 1. The Morgan fingerprint density at radius 2 is 1.42 bits per heavy atom. The zero-order valence-electron chi connectivity index (χ0n) is 17.6. The number of aryl methyl sites for hydroxylation is 2. The molecule has 156 valence electrons. The van der Waals surface area contributed by atoms with Crippen LogP contribution >= 0.6 is 0 Å². The van der Waals surface area contributed by atoms with Crippen molar-refractivity contribution < 1.29 is 8.42 Å². The first-order valence-electron chi connectivity index (χ1n) is 10.4. The first kappa shape index (κ1) is 19.8. The second-order valence-corrected chi connectivity index (χ2v) is 10.00. The SMILES string of the molecule is Cc1ccc([C@H]2c3cccn3-c3ccccc3CN2S(=O)(=O)c2ccc(C)cc2)cc1. The molecule has 3 aromatic carbocycles. The highest BCUT2D eigenvalue weighted by molar-refractivity contribution is 7.89. The molecule has 0 fully saturated rings. The number of aromatic nitrogens is 1. The summed E-state index contributed by atoms with van der Waals surface area (Å²) >= 11 is 0.